The van der Waals surface area contributed by atoms with Gasteiger partial charge in [0.05, 0.1) is 11.1 Å². The standard InChI is InChI=1S/C24H17F9O/c1-2-3-11-6-15(26)20(16(27)7-11)21-19(34)10-14(25)13(23(21)30)5-4-12-8-17(28)22(18(29)9-12)24(31,32)33/h6-10,34H,2-5H2,1H3. The molecule has 0 atom stereocenters. The van der Waals surface area contributed by atoms with Gasteiger partial charge in [-0.3, -0.25) is 0 Å². The molecule has 1 nitrogen and oxygen atoms in total. The summed E-state index contributed by atoms with van der Waals surface area (Å²) in [6.07, 6.45) is -5.52. The zero-order chi connectivity index (χ0) is 25.4. The third-order valence-corrected chi connectivity index (χ3v) is 5.23. The quantitative estimate of drug-likeness (QED) is 0.351. The molecule has 0 heterocycles. The first-order chi connectivity index (χ1) is 15.8. The summed E-state index contributed by atoms with van der Waals surface area (Å²) in [5.74, 6) is -10.1. The van der Waals surface area contributed by atoms with Crippen molar-refractivity contribution in [3.05, 3.63) is 87.5 Å². The lowest BCUT2D eigenvalue weighted by Crippen LogP contribution is -2.12. The van der Waals surface area contributed by atoms with Gasteiger partial charge < -0.3 is 5.11 Å². The van der Waals surface area contributed by atoms with Gasteiger partial charge in [0.1, 0.15) is 46.2 Å². The van der Waals surface area contributed by atoms with Crippen LogP contribution in [0.2, 0.25) is 0 Å². The van der Waals surface area contributed by atoms with Gasteiger partial charge in [-0.1, -0.05) is 13.3 Å². The number of hydrogen-bond donors (Lipinski definition) is 1. The van der Waals surface area contributed by atoms with Gasteiger partial charge in [-0.15, -0.1) is 0 Å². The van der Waals surface area contributed by atoms with Gasteiger partial charge in [0.25, 0.3) is 0 Å². The topological polar surface area (TPSA) is 20.2 Å². The van der Waals surface area contributed by atoms with E-state index in [4.69, 9.17) is 0 Å². The summed E-state index contributed by atoms with van der Waals surface area (Å²) in [5, 5.41) is 10.0. The van der Waals surface area contributed by atoms with Gasteiger partial charge in [-0.25, -0.2) is 26.3 Å². The minimum Gasteiger partial charge on any atom is -0.507 e. The van der Waals surface area contributed by atoms with Gasteiger partial charge in [0, 0.05) is 11.6 Å². The largest absolute Gasteiger partial charge is 0.507 e. The monoisotopic (exact) mass is 492 g/mol. The number of phenols is 1. The van der Waals surface area contributed by atoms with Crippen molar-refractivity contribution >= 4 is 0 Å². The molecule has 0 saturated carbocycles. The Morgan fingerprint density at radius 3 is 1.65 bits per heavy atom. The lowest BCUT2D eigenvalue weighted by atomic mass is 9.94. The van der Waals surface area contributed by atoms with Crippen molar-refractivity contribution in [3.8, 4) is 16.9 Å². The van der Waals surface area contributed by atoms with Crippen molar-refractivity contribution < 1.29 is 44.6 Å². The predicted molar refractivity (Wildman–Crippen MR) is 106 cm³/mol. The molecule has 0 aromatic heterocycles. The lowest BCUT2D eigenvalue weighted by Gasteiger charge is -2.15. The fourth-order valence-corrected chi connectivity index (χ4v) is 3.72. The van der Waals surface area contributed by atoms with E-state index >= 15 is 4.39 Å². The highest BCUT2D eigenvalue weighted by molar-refractivity contribution is 5.73. The smallest absolute Gasteiger partial charge is 0.422 e. The maximum Gasteiger partial charge on any atom is 0.422 e. The minimum atomic E-state index is -5.28. The second-order valence-electron chi connectivity index (χ2n) is 7.66. The molecule has 3 rings (SSSR count). The van der Waals surface area contributed by atoms with Gasteiger partial charge in [0.2, 0.25) is 0 Å². The van der Waals surface area contributed by atoms with Crippen molar-refractivity contribution in [3.63, 3.8) is 0 Å². The number of halogens is 9. The maximum atomic E-state index is 15.1. The summed E-state index contributed by atoms with van der Waals surface area (Å²) in [4.78, 5) is 0. The van der Waals surface area contributed by atoms with Crippen LogP contribution in [0.5, 0.6) is 5.75 Å². The van der Waals surface area contributed by atoms with E-state index in [9.17, 15) is 40.2 Å². The Morgan fingerprint density at radius 1 is 0.647 bits per heavy atom. The zero-order valence-corrected chi connectivity index (χ0v) is 17.6. The number of hydrogen-bond acceptors (Lipinski definition) is 1. The number of aromatic hydroxyl groups is 1. The first kappa shape index (κ1) is 25.5. The number of aryl methyl sites for hydroxylation is 2. The molecule has 0 amide bonds. The maximum absolute atomic E-state index is 15.1. The van der Waals surface area contributed by atoms with E-state index in [0.717, 1.165) is 12.1 Å². The second kappa shape index (κ2) is 9.60. The van der Waals surface area contributed by atoms with Crippen LogP contribution in [-0.2, 0) is 25.4 Å². The lowest BCUT2D eigenvalue weighted by molar-refractivity contribution is -0.142. The summed E-state index contributed by atoms with van der Waals surface area (Å²) in [5.41, 5.74) is -4.79. The van der Waals surface area contributed by atoms with E-state index in [1.165, 1.54) is 0 Å². The average Bonchev–Trinajstić information content (AvgIpc) is 2.68. The molecule has 0 fully saturated rings. The van der Waals surface area contributed by atoms with Crippen molar-refractivity contribution in [2.24, 2.45) is 0 Å². The Balaban J connectivity index is 2.01. The number of alkyl halides is 3. The van der Waals surface area contributed by atoms with E-state index in [0.29, 0.717) is 31.0 Å². The molecule has 10 heteroatoms. The summed E-state index contributed by atoms with van der Waals surface area (Å²) in [7, 11) is 0. The van der Waals surface area contributed by atoms with Crippen LogP contribution in [0.4, 0.5) is 39.5 Å². The van der Waals surface area contributed by atoms with Gasteiger partial charge >= 0.3 is 6.18 Å². The summed E-state index contributed by atoms with van der Waals surface area (Å²) >= 11 is 0. The Hall–Kier alpha value is -3.17. The summed E-state index contributed by atoms with van der Waals surface area (Å²) in [6.45, 7) is 1.77. The predicted octanol–water partition coefficient (Wildman–Crippen LogP) is 7.65. The molecule has 34 heavy (non-hydrogen) atoms. The molecular formula is C24H17F9O. The Kier molecular flexibility index (Phi) is 7.18. The van der Waals surface area contributed by atoms with E-state index in [1.807, 2.05) is 0 Å². The minimum absolute atomic E-state index is 0.287. The van der Waals surface area contributed by atoms with Crippen LogP contribution in [0.25, 0.3) is 11.1 Å². The van der Waals surface area contributed by atoms with Crippen molar-refractivity contribution in [2.75, 3.05) is 0 Å². The third-order valence-electron chi connectivity index (χ3n) is 5.23. The van der Waals surface area contributed by atoms with Crippen molar-refractivity contribution in [1.82, 2.24) is 0 Å². The first-order valence-electron chi connectivity index (χ1n) is 10.1. The fraction of sp³-hybridized carbons (Fsp3) is 0.250. The van der Waals surface area contributed by atoms with Crippen LogP contribution in [0, 0.1) is 34.9 Å². The Labute approximate surface area is 188 Å². The highest BCUT2D eigenvalue weighted by atomic mass is 19.4. The van der Waals surface area contributed by atoms with Crippen LogP contribution in [-0.4, -0.2) is 5.11 Å². The van der Waals surface area contributed by atoms with E-state index < -0.39 is 81.9 Å². The van der Waals surface area contributed by atoms with Crippen LogP contribution in [0.15, 0.2) is 30.3 Å². The highest BCUT2D eigenvalue weighted by Crippen LogP contribution is 2.39. The van der Waals surface area contributed by atoms with E-state index in [-0.39, 0.29) is 11.1 Å². The van der Waals surface area contributed by atoms with Gasteiger partial charge in [-0.2, -0.15) is 13.2 Å². The fourth-order valence-electron chi connectivity index (χ4n) is 3.72. The third kappa shape index (κ3) is 5.00. The van der Waals surface area contributed by atoms with Gasteiger partial charge in [0.15, 0.2) is 0 Å². The molecule has 3 aromatic rings. The van der Waals surface area contributed by atoms with Crippen LogP contribution >= 0.6 is 0 Å². The number of rotatable bonds is 6. The molecule has 182 valence electrons. The Morgan fingerprint density at radius 2 is 1.15 bits per heavy atom. The van der Waals surface area contributed by atoms with Crippen molar-refractivity contribution in [2.45, 2.75) is 38.8 Å². The molecule has 0 bridgehead atoms. The molecule has 0 saturated heterocycles. The summed E-state index contributed by atoms with van der Waals surface area (Å²) in [6, 6.07) is 3.11. The van der Waals surface area contributed by atoms with Gasteiger partial charge in [-0.05, 0) is 54.7 Å². The van der Waals surface area contributed by atoms with Crippen LogP contribution < -0.4 is 0 Å². The number of benzene rings is 3. The van der Waals surface area contributed by atoms with Crippen molar-refractivity contribution in [1.29, 1.82) is 0 Å². The molecular weight excluding hydrogens is 475 g/mol. The average molecular weight is 492 g/mol. The molecule has 0 aliphatic rings. The molecule has 1 N–H and O–H groups in total. The Bertz CT molecular complexity index is 1190. The van der Waals surface area contributed by atoms with Crippen LogP contribution in [0.3, 0.4) is 0 Å². The van der Waals surface area contributed by atoms with E-state index in [1.54, 1.807) is 6.92 Å². The highest BCUT2D eigenvalue weighted by Gasteiger charge is 2.38. The normalized spacial score (nSPS) is 11.8. The molecule has 0 unspecified atom stereocenters. The zero-order valence-electron chi connectivity index (χ0n) is 17.6. The molecule has 3 aromatic carbocycles. The van der Waals surface area contributed by atoms with E-state index in [2.05, 4.69) is 0 Å². The SMILES string of the molecule is CCCc1cc(F)c(-c2c(O)cc(F)c(CCc3cc(F)c(C(F)(F)F)c(F)c3)c2F)c(F)c1. The molecule has 0 radical (unpaired) electrons. The van der Waals surface area contributed by atoms with Crippen LogP contribution in [0.1, 0.15) is 35.6 Å². The summed E-state index contributed by atoms with van der Waals surface area (Å²) < 4.78 is 124. The molecule has 0 aliphatic heterocycles. The second-order valence-corrected chi connectivity index (χ2v) is 7.66. The first-order valence-corrected chi connectivity index (χ1v) is 10.1. The molecule has 0 aliphatic carbocycles. The number of phenolic OH excluding ortho intramolecular Hbond substituents is 1. The molecule has 0 spiro atoms.